The summed E-state index contributed by atoms with van der Waals surface area (Å²) in [4.78, 5) is 20.5. The molecule has 3 aromatic rings. The number of aliphatic hydroxyl groups excluding tert-OH is 5. The zero-order valence-corrected chi connectivity index (χ0v) is 32.4. The Balaban J connectivity index is 0.000000571. The van der Waals surface area contributed by atoms with Crippen LogP contribution in [0.1, 0.15) is 65.5 Å². The molecule has 2 aromatic heterocycles. The summed E-state index contributed by atoms with van der Waals surface area (Å²) in [7, 11) is -2.22. The number of benzene rings is 1. The van der Waals surface area contributed by atoms with Crippen molar-refractivity contribution >= 4 is 33.5 Å². The van der Waals surface area contributed by atoms with E-state index in [1.807, 2.05) is 13.8 Å². The van der Waals surface area contributed by atoms with Crippen molar-refractivity contribution in [2.75, 3.05) is 59.2 Å². The standard InChI is InChI=1S/C26H37N5O7S.C9H19NO3.CH4.ClH/c1-4-6-20-22-23(30(3)29-20)26(35)28-25(27-22)19-13-18(7-8-21(19)38-5-2)39(36,37)31-11-9-16(10-12-31)24(34)17(14-32)15-33;11-6-3-9(13,7-12)8-1-4-10-5-2-8;;/h7-8,13,16-17,24,32-34H,4-6,9-12,14-15H2,1-3H3,(H,27,28,35);8,10-13H,1-7H2;1H4;1H. The average molecular weight is 805 g/mol. The fourth-order valence-electron chi connectivity index (χ4n) is 7.15. The molecule has 0 spiro atoms. The number of hydrogen-bond acceptors (Lipinski definition) is 13. The van der Waals surface area contributed by atoms with E-state index in [1.165, 1.54) is 21.1 Å². The molecule has 2 atom stereocenters. The van der Waals surface area contributed by atoms with Gasteiger partial charge in [0.1, 0.15) is 17.1 Å². The fourth-order valence-corrected chi connectivity index (χ4v) is 8.64. The number of aliphatic hydroxyl groups is 6. The molecule has 0 bridgehead atoms. The minimum Gasteiger partial charge on any atom is -0.493 e. The van der Waals surface area contributed by atoms with Gasteiger partial charge < -0.3 is 45.7 Å². The number of fused-ring (bicyclic) bond motifs is 1. The summed E-state index contributed by atoms with van der Waals surface area (Å²) in [5.74, 6) is -0.184. The van der Waals surface area contributed by atoms with Gasteiger partial charge in [0.25, 0.3) is 5.56 Å². The molecule has 5 rings (SSSR count). The van der Waals surface area contributed by atoms with Crippen molar-refractivity contribution in [3.05, 3.63) is 34.2 Å². The summed E-state index contributed by atoms with van der Waals surface area (Å²) in [6, 6.07) is 4.51. The van der Waals surface area contributed by atoms with Crippen molar-refractivity contribution in [3.63, 3.8) is 0 Å². The highest BCUT2D eigenvalue weighted by atomic mass is 35.5. The van der Waals surface area contributed by atoms with E-state index >= 15 is 0 Å². The molecule has 2 aliphatic rings. The monoisotopic (exact) mass is 804 g/mol. The summed E-state index contributed by atoms with van der Waals surface area (Å²) < 4.78 is 35.9. The van der Waals surface area contributed by atoms with Crippen LogP contribution >= 0.6 is 12.4 Å². The molecule has 8 N–H and O–H groups in total. The number of rotatable bonds is 15. The van der Waals surface area contributed by atoms with E-state index in [0.717, 1.165) is 32.4 Å². The van der Waals surface area contributed by atoms with Crippen molar-refractivity contribution in [2.24, 2.45) is 24.8 Å². The predicted octanol–water partition coefficient (Wildman–Crippen LogP) is 1.19. The summed E-state index contributed by atoms with van der Waals surface area (Å²) in [5.41, 5.74) is 0.405. The smallest absolute Gasteiger partial charge is 0.277 e. The second-order valence-corrected chi connectivity index (χ2v) is 15.6. The van der Waals surface area contributed by atoms with Gasteiger partial charge in [0.2, 0.25) is 10.0 Å². The highest BCUT2D eigenvalue weighted by molar-refractivity contribution is 7.89. The molecule has 2 fully saturated rings. The van der Waals surface area contributed by atoms with E-state index in [2.05, 4.69) is 15.4 Å². The van der Waals surface area contributed by atoms with Crippen LogP contribution in [0.4, 0.5) is 0 Å². The van der Waals surface area contributed by atoms with Crippen LogP contribution in [-0.2, 0) is 23.5 Å². The molecule has 54 heavy (non-hydrogen) atoms. The van der Waals surface area contributed by atoms with Gasteiger partial charge in [-0.1, -0.05) is 20.8 Å². The summed E-state index contributed by atoms with van der Waals surface area (Å²) in [6.07, 6.45) is 3.36. The lowest BCUT2D eigenvalue weighted by Crippen LogP contribution is -2.47. The summed E-state index contributed by atoms with van der Waals surface area (Å²) >= 11 is 0. The minimum absolute atomic E-state index is 0. The van der Waals surface area contributed by atoms with E-state index in [1.54, 1.807) is 13.1 Å². The van der Waals surface area contributed by atoms with Gasteiger partial charge in [0.15, 0.2) is 5.52 Å². The molecule has 16 nitrogen and oxygen atoms in total. The minimum atomic E-state index is -3.91. The summed E-state index contributed by atoms with van der Waals surface area (Å²) in [6.45, 7) is 5.30. The first-order chi connectivity index (χ1) is 24.9. The van der Waals surface area contributed by atoms with E-state index < -0.39 is 27.6 Å². The lowest BCUT2D eigenvalue weighted by atomic mass is 9.79. The summed E-state index contributed by atoms with van der Waals surface area (Å²) in [5, 5.41) is 64.8. The Bertz CT molecular complexity index is 1760. The van der Waals surface area contributed by atoms with Crippen LogP contribution in [0.5, 0.6) is 5.75 Å². The van der Waals surface area contributed by atoms with Gasteiger partial charge in [0, 0.05) is 39.1 Å². The second-order valence-electron chi connectivity index (χ2n) is 13.6. The number of halogens is 1. The van der Waals surface area contributed by atoms with Crippen LogP contribution in [-0.4, -0.2) is 134 Å². The van der Waals surface area contributed by atoms with Crippen LogP contribution in [0.2, 0.25) is 0 Å². The van der Waals surface area contributed by atoms with Crippen molar-refractivity contribution in [1.82, 2.24) is 29.4 Å². The maximum Gasteiger partial charge on any atom is 0.277 e. The number of aromatic amines is 1. The third kappa shape index (κ3) is 10.8. The van der Waals surface area contributed by atoms with E-state index in [9.17, 15) is 33.6 Å². The van der Waals surface area contributed by atoms with Crippen molar-refractivity contribution < 1.29 is 43.8 Å². The average Bonchev–Trinajstić information content (AvgIpc) is 3.47. The molecule has 0 saturated carbocycles. The quantitative estimate of drug-likeness (QED) is 0.108. The molecule has 2 unspecified atom stereocenters. The van der Waals surface area contributed by atoms with Crippen molar-refractivity contribution in [2.45, 2.75) is 82.8 Å². The zero-order chi connectivity index (χ0) is 38.1. The van der Waals surface area contributed by atoms with Crippen LogP contribution in [0.25, 0.3) is 22.4 Å². The van der Waals surface area contributed by atoms with E-state index in [0.29, 0.717) is 53.9 Å². The van der Waals surface area contributed by atoms with Gasteiger partial charge in [-0.25, -0.2) is 13.4 Å². The lowest BCUT2D eigenvalue weighted by molar-refractivity contribution is -0.0839. The van der Waals surface area contributed by atoms with Gasteiger partial charge in [-0.15, -0.1) is 12.4 Å². The topological polar surface area (TPSA) is 244 Å². The first-order valence-corrected chi connectivity index (χ1v) is 19.6. The third-order valence-electron chi connectivity index (χ3n) is 10.2. The van der Waals surface area contributed by atoms with Gasteiger partial charge >= 0.3 is 0 Å². The molecule has 4 heterocycles. The van der Waals surface area contributed by atoms with Gasteiger partial charge in [-0.3, -0.25) is 9.48 Å². The number of nitrogens with one attached hydrogen (secondary N) is 2. The Morgan fingerprint density at radius 2 is 1.70 bits per heavy atom. The molecule has 308 valence electrons. The van der Waals surface area contributed by atoms with Crippen LogP contribution in [0, 0.1) is 17.8 Å². The van der Waals surface area contributed by atoms with Crippen LogP contribution in [0.15, 0.2) is 27.9 Å². The first kappa shape index (κ1) is 47.4. The third-order valence-corrected chi connectivity index (χ3v) is 12.1. The SMILES string of the molecule is C.CCCc1nn(C)c2c(=O)[nH]c(-c3cc(S(=O)(=O)N4CCC(C(O)C(CO)CO)CC4)ccc3OCC)nc12.Cl.OCCC(O)(CO)C1CCNCC1. The van der Waals surface area contributed by atoms with Crippen molar-refractivity contribution in [3.8, 4) is 17.1 Å². The Hall–Kier alpha value is -2.71. The van der Waals surface area contributed by atoms with Crippen LogP contribution in [0.3, 0.4) is 0 Å². The molecular formula is C36H61ClN6O10S. The molecule has 18 heteroatoms. The molecule has 2 aliphatic heterocycles. The number of piperidine rings is 2. The maximum atomic E-state index is 13.6. The first-order valence-electron chi connectivity index (χ1n) is 18.2. The highest BCUT2D eigenvalue weighted by Crippen LogP contribution is 2.34. The highest BCUT2D eigenvalue weighted by Gasteiger charge is 2.37. The number of hydrogen-bond donors (Lipinski definition) is 8. The molecule has 0 aliphatic carbocycles. The van der Waals surface area contributed by atoms with E-state index in [-0.39, 0.29) is 93.9 Å². The number of aryl methyl sites for hydroxylation is 2. The van der Waals surface area contributed by atoms with Crippen molar-refractivity contribution in [1.29, 1.82) is 0 Å². The molecular weight excluding hydrogens is 744 g/mol. The largest absolute Gasteiger partial charge is 0.493 e. The maximum absolute atomic E-state index is 13.6. The van der Waals surface area contributed by atoms with Gasteiger partial charge in [0.05, 0.1) is 54.3 Å². The molecule has 2 saturated heterocycles. The molecule has 0 radical (unpaired) electrons. The number of H-pyrrole nitrogens is 1. The Morgan fingerprint density at radius 1 is 1.06 bits per heavy atom. The Labute approximate surface area is 324 Å². The number of ether oxygens (including phenoxy) is 1. The number of aromatic nitrogens is 4. The van der Waals surface area contributed by atoms with E-state index in [4.69, 9.17) is 19.9 Å². The zero-order valence-electron chi connectivity index (χ0n) is 30.8. The number of sulfonamides is 1. The van der Waals surface area contributed by atoms with Crippen LogP contribution < -0.4 is 15.6 Å². The number of nitrogens with zero attached hydrogens (tertiary/aromatic N) is 4. The fraction of sp³-hybridized carbons (Fsp3) is 0.694. The predicted molar refractivity (Wildman–Crippen MR) is 208 cm³/mol. The lowest BCUT2D eigenvalue weighted by Gasteiger charge is -2.37. The van der Waals surface area contributed by atoms with Gasteiger partial charge in [-0.2, -0.15) is 9.40 Å². The Morgan fingerprint density at radius 3 is 2.26 bits per heavy atom. The normalized spacial score (nSPS) is 17.6. The Kier molecular flexibility index (Phi) is 18.9. The molecule has 0 amide bonds. The second kappa shape index (κ2) is 21.6. The van der Waals surface area contributed by atoms with Gasteiger partial charge in [-0.05, 0) is 82.2 Å². The molecule has 1 aromatic carbocycles.